The lowest BCUT2D eigenvalue weighted by molar-refractivity contribution is 0.677. The summed E-state index contributed by atoms with van der Waals surface area (Å²) in [5, 5.41) is 9.43. The van der Waals surface area contributed by atoms with E-state index in [1.54, 1.807) is 0 Å². The molecule has 0 saturated heterocycles. The van der Waals surface area contributed by atoms with E-state index in [-0.39, 0.29) is 0 Å². The van der Waals surface area contributed by atoms with Crippen molar-refractivity contribution in [2.75, 3.05) is 4.90 Å². The first-order valence-corrected chi connectivity index (χ1v) is 16.7. The van der Waals surface area contributed by atoms with Gasteiger partial charge < -0.3 is 9.32 Å². The smallest absolute Gasteiger partial charge is 0.144 e. The molecular formula is C44H27NOS. The fourth-order valence-electron chi connectivity index (χ4n) is 7.28. The molecule has 8 aromatic carbocycles. The van der Waals surface area contributed by atoms with E-state index in [0.29, 0.717) is 0 Å². The topological polar surface area (TPSA) is 16.4 Å². The van der Waals surface area contributed by atoms with Gasteiger partial charge in [-0.2, -0.15) is 0 Å². The van der Waals surface area contributed by atoms with E-state index in [1.807, 2.05) is 11.3 Å². The Bertz CT molecular complexity index is 2790. The van der Waals surface area contributed by atoms with Gasteiger partial charge >= 0.3 is 0 Å². The quantitative estimate of drug-likeness (QED) is 0.195. The zero-order chi connectivity index (χ0) is 30.9. The predicted octanol–water partition coefficient (Wildman–Crippen LogP) is 13.4. The average Bonchev–Trinajstić information content (AvgIpc) is 3.72. The number of benzene rings is 8. The van der Waals surface area contributed by atoms with Crippen LogP contribution in [0.15, 0.2) is 168 Å². The fourth-order valence-corrected chi connectivity index (χ4v) is 8.40. The lowest BCUT2D eigenvalue weighted by Gasteiger charge is -2.28. The highest BCUT2D eigenvalue weighted by atomic mass is 32.1. The Kier molecular flexibility index (Phi) is 5.78. The molecule has 0 radical (unpaired) electrons. The molecule has 0 bridgehead atoms. The molecule has 2 nitrogen and oxygen atoms in total. The van der Waals surface area contributed by atoms with Crippen molar-refractivity contribution in [3.05, 3.63) is 164 Å². The van der Waals surface area contributed by atoms with E-state index in [9.17, 15) is 0 Å². The first-order chi connectivity index (χ1) is 23.3. The van der Waals surface area contributed by atoms with Crippen LogP contribution >= 0.6 is 11.3 Å². The molecule has 2 heterocycles. The molecule has 2 aromatic heterocycles. The Morgan fingerprint density at radius 3 is 1.85 bits per heavy atom. The second kappa shape index (κ2) is 10.3. The summed E-state index contributed by atoms with van der Waals surface area (Å²) in [5.74, 6) is 0. The van der Waals surface area contributed by atoms with Crippen LogP contribution in [-0.4, -0.2) is 0 Å². The van der Waals surface area contributed by atoms with Gasteiger partial charge in [-0.05, 0) is 70.4 Å². The molecule has 0 fully saturated rings. The van der Waals surface area contributed by atoms with Crippen LogP contribution in [0.3, 0.4) is 0 Å². The Hall–Kier alpha value is -5.90. The van der Waals surface area contributed by atoms with Crippen molar-refractivity contribution in [2.24, 2.45) is 0 Å². The van der Waals surface area contributed by atoms with Crippen LogP contribution in [0, 0.1) is 0 Å². The van der Waals surface area contributed by atoms with E-state index in [0.717, 1.165) is 44.4 Å². The first kappa shape index (κ1) is 26.3. The van der Waals surface area contributed by atoms with Gasteiger partial charge in [0.25, 0.3) is 0 Å². The van der Waals surface area contributed by atoms with Gasteiger partial charge in [0.2, 0.25) is 0 Å². The average molecular weight is 618 g/mol. The maximum atomic E-state index is 6.91. The Morgan fingerprint density at radius 1 is 0.383 bits per heavy atom. The Balaban J connectivity index is 1.29. The monoisotopic (exact) mass is 617 g/mol. The van der Waals surface area contributed by atoms with Crippen LogP contribution in [0.5, 0.6) is 0 Å². The van der Waals surface area contributed by atoms with Crippen molar-refractivity contribution in [2.45, 2.75) is 0 Å². The van der Waals surface area contributed by atoms with Crippen LogP contribution < -0.4 is 4.90 Å². The molecule has 47 heavy (non-hydrogen) atoms. The van der Waals surface area contributed by atoms with Crippen LogP contribution in [0.1, 0.15) is 0 Å². The van der Waals surface area contributed by atoms with Gasteiger partial charge in [0.1, 0.15) is 11.2 Å². The third kappa shape index (κ3) is 4.04. The van der Waals surface area contributed by atoms with E-state index in [2.05, 4.69) is 169 Å². The minimum atomic E-state index is 0.949. The summed E-state index contributed by atoms with van der Waals surface area (Å²) < 4.78 is 9.37. The maximum Gasteiger partial charge on any atom is 0.144 e. The summed E-state index contributed by atoms with van der Waals surface area (Å²) in [4.78, 5) is 2.43. The van der Waals surface area contributed by atoms with Gasteiger partial charge in [-0.3, -0.25) is 0 Å². The molecule has 10 aromatic rings. The molecule has 0 spiro atoms. The van der Waals surface area contributed by atoms with E-state index >= 15 is 0 Å². The number of nitrogens with zero attached hydrogens (tertiary/aromatic N) is 1. The van der Waals surface area contributed by atoms with Crippen molar-refractivity contribution >= 4 is 92.1 Å². The van der Waals surface area contributed by atoms with Gasteiger partial charge in [0.05, 0.1) is 11.4 Å². The number of rotatable bonds is 4. The minimum Gasteiger partial charge on any atom is -0.455 e. The number of thiophene rings is 1. The molecule has 0 atom stereocenters. The van der Waals surface area contributed by atoms with Gasteiger partial charge in [0, 0.05) is 47.4 Å². The summed E-state index contributed by atoms with van der Waals surface area (Å²) in [6.07, 6.45) is 0. The van der Waals surface area contributed by atoms with E-state index in [4.69, 9.17) is 4.42 Å². The van der Waals surface area contributed by atoms with Crippen molar-refractivity contribution in [1.29, 1.82) is 0 Å². The normalized spacial score (nSPS) is 11.8. The molecule has 0 amide bonds. The largest absolute Gasteiger partial charge is 0.455 e. The van der Waals surface area contributed by atoms with Gasteiger partial charge in [-0.25, -0.2) is 0 Å². The molecular weight excluding hydrogens is 591 g/mol. The molecule has 0 unspecified atom stereocenters. The zero-order valence-corrected chi connectivity index (χ0v) is 26.2. The third-order valence-electron chi connectivity index (χ3n) is 9.45. The molecule has 0 aliphatic heterocycles. The van der Waals surface area contributed by atoms with E-state index < -0.39 is 0 Å². The van der Waals surface area contributed by atoms with Gasteiger partial charge in [-0.15, -0.1) is 11.3 Å². The number of anilines is 3. The Morgan fingerprint density at radius 2 is 1.00 bits per heavy atom. The summed E-state index contributed by atoms with van der Waals surface area (Å²) in [7, 11) is 0. The van der Waals surface area contributed by atoms with Crippen LogP contribution in [0.2, 0.25) is 0 Å². The Labute approximate surface area is 275 Å². The molecule has 3 heteroatoms. The summed E-state index contributed by atoms with van der Waals surface area (Å²) in [5.41, 5.74) is 7.69. The highest BCUT2D eigenvalue weighted by Gasteiger charge is 2.23. The lowest BCUT2D eigenvalue weighted by Crippen LogP contribution is -2.10. The van der Waals surface area contributed by atoms with Crippen molar-refractivity contribution in [3.8, 4) is 11.1 Å². The minimum absolute atomic E-state index is 0.949. The second-order valence-corrected chi connectivity index (χ2v) is 13.2. The third-order valence-corrected chi connectivity index (χ3v) is 10.6. The zero-order valence-electron chi connectivity index (χ0n) is 25.4. The SMILES string of the molecule is c1ccc(-c2ccc(N(c3cccc4ccccc34)c3cccc4sc5ccc6c7ccc8ccccc8c7oc6c5c34)cc2)cc1. The van der Waals surface area contributed by atoms with Crippen molar-refractivity contribution in [3.63, 3.8) is 0 Å². The summed E-state index contributed by atoms with van der Waals surface area (Å²) >= 11 is 1.83. The second-order valence-electron chi connectivity index (χ2n) is 12.1. The summed E-state index contributed by atoms with van der Waals surface area (Å²) in [6.45, 7) is 0. The van der Waals surface area contributed by atoms with Crippen LogP contribution in [-0.2, 0) is 0 Å². The van der Waals surface area contributed by atoms with E-state index in [1.165, 1.54) is 47.5 Å². The summed E-state index contributed by atoms with van der Waals surface area (Å²) in [6, 6.07) is 58.9. The molecule has 0 N–H and O–H groups in total. The van der Waals surface area contributed by atoms with Crippen LogP contribution in [0.25, 0.3) is 74.8 Å². The van der Waals surface area contributed by atoms with Gasteiger partial charge in [0.15, 0.2) is 0 Å². The maximum absolute atomic E-state index is 6.91. The molecule has 0 aliphatic carbocycles. The lowest BCUT2D eigenvalue weighted by atomic mass is 10.0. The fraction of sp³-hybridized carbons (Fsp3) is 0. The predicted molar refractivity (Wildman–Crippen MR) is 202 cm³/mol. The van der Waals surface area contributed by atoms with Gasteiger partial charge in [-0.1, -0.05) is 115 Å². The standard InChI is InChI=1S/C44H27NOS/c1-2-10-28(11-3-1)29-20-23-32(24-21-29)45(37-17-8-14-30-12-4-6-15-33(30)37)38-18-9-19-39-41(38)42-40(47-39)27-26-36-35-25-22-31-13-5-7-16-34(31)43(35)46-44(36)42/h1-27H. The van der Waals surface area contributed by atoms with Crippen molar-refractivity contribution < 1.29 is 4.42 Å². The van der Waals surface area contributed by atoms with Crippen LogP contribution in [0.4, 0.5) is 17.1 Å². The number of hydrogen-bond donors (Lipinski definition) is 0. The molecule has 0 saturated carbocycles. The highest BCUT2D eigenvalue weighted by Crippen LogP contribution is 2.49. The number of furan rings is 1. The first-order valence-electron chi connectivity index (χ1n) is 15.9. The highest BCUT2D eigenvalue weighted by molar-refractivity contribution is 7.26. The van der Waals surface area contributed by atoms with Crippen molar-refractivity contribution in [1.82, 2.24) is 0 Å². The number of hydrogen-bond acceptors (Lipinski definition) is 3. The molecule has 10 rings (SSSR count). The number of fused-ring (bicyclic) bond motifs is 10. The molecule has 220 valence electrons. The molecule has 0 aliphatic rings.